The molecule has 0 spiro atoms. The van der Waals surface area contributed by atoms with Crippen molar-refractivity contribution in [2.24, 2.45) is 4.99 Å². The number of hydrogen-bond donors (Lipinski definition) is 2. The molecule has 0 fully saturated rings. The van der Waals surface area contributed by atoms with Crippen LogP contribution in [-0.4, -0.2) is 29.6 Å². The summed E-state index contributed by atoms with van der Waals surface area (Å²) < 4.78 is 10.1. The summed E-state index contributed by atoms with van der Waals surface area (Å²) in [5.41, 5.74) is 6.91. The van der Waals surface area contributed by atoms with E-state index in [0.717, 1.165) is 0 Å². The molecule has 0 bridgehead atoms. The summed E-state index contributed by atoms with van der Waals surface area (Å²) in [4.78, 5) is 19.6. The maximum atomic E-state index is 11.2. The van der Waals surface area contributed by atoms with Gasteiger partial charge in [0.25, 0.3) is 0 Å². The van der Waals surface area contributed by atoms with Crippen LogP contribution in [0, 0.1) is 0 Å². The lowest BCUT2D eigenvalue weighted by molar-refractivity contribution is 0.177. The maximum Gasteiger partial charge on any atom is 0.412 e. The molecule has 120 valence electrons. The summed E-state index contributed by atoms with van der Waals surface area (Å²) in [6, 6.07) is 10.4. The molecule has 0 atom stereocenters. The van der Waals surface area contributed by atoms with Crippen LogP contribution in [0.3, 0.4) is 0 Å². The zero-order valence-electron chi connectivity index (χ0n) is 12.6. The molecule has 0 saturated carbocycles. The number of aliphatic imine (C=N–C) groups is 1. The second kappa shape index (κ2) is 8.04. The van der Waals surface area contributed by atoms with Gasteiger partial charge < -0.3 is 15.2 Å². The molecular weight excluding hydrogens is 316 g/mol. The van der Waals surface area contributed by atoms with Gasteiger partial charge in [-0.15, -0.1) is 0 Å². The highest BCUT2D eigenvalue weighted by Gasteiger charge is 2.07. The third-order valence-corrected chi connectivity index (χ3v) is 3.25. The Bertz CT molecular complexity index is 707. The molecule has 0 saturated heterocycles. The van der Waals surface area contributed by atoms with E-state index in [9.17, 15) is 4.79 Å². The number of carbonyl (C=O) groups excluding carboxylic acids is 1. The average molecular weight is 332 g/mol. The normalized spacial score (nSPS) is 11.0. The first-order valence-electron chi connectivity index (χ1n) is 6.58. The van der Waals surface area contributed by atoms with Gasteiger partial charge in [-0.1, -0.05) is 17.8 Å². The van der Waals surface area contributed by atoms with Crippen molar-refractivity contribution in [1.82, 2.24) is 10.3 Å². The van der Waals surface area contributed by atoms with E-state index in [1.54, 1.807) is 42.8 Å². The topological polar surface area (TPSA) is 98.8 Å². The largest absolute Gasteiger partial charge is 0.453 e. The van der Waals surface area contributed by atoms with Crippen molar-refractivity contribution in [2.45, 2.75) is 0 Å². The van der Waals surface area contributed by atoms with Gasteiger partial charge in [-0.2, -0.15) is 0 Å². The number of benzene rings is 1. The van der Waals surface area contributed by atoms with Gasteiger partial charge in [0.05, 0.1) is 18.5 Å². The molecule has 1 amide bonds. The molecule has 23 heavy (non-hydrogen) atoms. The number of ether oxygens (including phenoxy) is 2. The molecule has 1 aromatic heterocycles. The molecule has 7 nitrogen and oxygen atoms in total. The second-order valence-corrected chi connectivity index (χ2v) is 5.02. The molecule has 0 aliphatic heterocycles. The summed E-state index contributed by atoms with van der Waals surface area (Å²) in [7, 11) is 1.28. The van der Waals surface area contributed by atoms with Gasteiger partial charge in [0, 0.05) is 18.3 Å². The lowest BCUT2D eigenvalue weighted by Gasteiger charge is -2.08. The Labute approximate surface area is 137 Å². The van der Waals surface area contributed by atoms with Crippen molar-refractivity contribution in [3.8, 4) is 11.6 Å². The fourth-order valence-electron chi connectivity index (χ4n) is 1.60. The minimum absolute atomic E-state index is 0.377. The van der Waals surface area contributed by atoms with Crippen molar-refractivity contribution in [2.75, 3.05) is 19.1 Å². The molecule has 0 unspecified atom stereocenters. The summed E-state index contributed by atoms with van der Waals surface area (Å²) in [5, 5.41) is 2.88. The first-order chi connectivity index (χ1) is 11.1. The molecule has 0 aliphatic carbocycles. The van der Waals surface area contributed by atoms with Crippen LogP contribution in [0.15, 0.2) is 47.6 Å². The highest BCUT2D eigenvalue weighted by Crippen LogP contribution is 2.29. The van der Waals surface area contributed by atoms with E-state index < -0.39 is 6.09 Å². The third kappa shape index (κ3) is 4.89. The highest BCUT2D eigenvalue weighted by molar-refractivity contribution is 8.13. The van der Waals surface area contributed by atoms with Crippen LogP contribution in [0.2, 0.25) is 0 Å². The molecule has 8 heteroatoms. The van der Waals surface area contributed by atoms with E-state index in [-0.39, 0.29) is 0 Å². The molecule has 2 rings (SSSR count). The van der Waals surface area contributed by atoms with Crippen molar-refractivity contribution in [3.05, 3.63) is 42.6 Å². The molecule has 2 aromatic rings. The number of nitrogens with one attached hydrogen (secondary N) is 1. The number of nitrogens with two attached hydrogens (primary N) is 1. The standard InChI is InChI=1S/C15H16N4O3S/c1-21-15(20)19-14(23-2)18-12-7-6-10(9-11(12)16)22-13-5-3-4-8-17-13/h3-9H,16H2,1-2H3,(H,18,19,20). The van der Waals surface area contributed by atoms with Crippen LogP contribution in [0.25, 0.3) is 0 Å². The Morgan fingerprint density at radius 3 is 2.78 bits per heavy atom. The number of thioether (sulfide) groups is 1. The van der Waals surface area contributed by atoms with Crippen LogP contribution < -0.4 is 15.8 Å². The Balaban J connectivity index is 2.16. The number of nitrogen functional groups attached to an aromatic ring is 1. The Morgan fingerprint density at radius 2 is 2.17 bits per heavy atom. The van der Waals surface area contributed by atoms with E-state index in [0.29, 0.717) is 28.2 Å². The SMILES string of the molecule is COC(=O)NC(=Nc1ccc(Oc2ccccn2)cc1N)SC. The zero-order chi connectivity index (χ0) is 16.7. The first-order valence-corrected chi connectivity index (χ1v) is 7.81. The van der Waals surface area contributed by atoms with Crippen molar-refractivity contribution < 1.29 is 14.3 Å². The number of methoxy groups -OCH3 is 1. The minimum atomic E-state index is -0.591. The van der Waals surface area contributed by atoms with Gasteiger partial charge in [-0.05, 0) is 24.5 Å². The molecule has 1 heterocycles. The summed E-state index contributed by atoms with van der Waals surface area (Å²) in [6.45, 7) is 0. The van der Waals surface area contributed by atoms with E-state index in [1.807, 2.05) is 6.07 Å². The number of pyridine rings is 1. The Morgan fingerprint density at radius 1 is 1.35 bits per heavy atom. The smallest absolute Gasteiger partial charge is 0.412 e. The number of hydrogen-bond acceptors (Lipinski definition) is 7. The third-order valence-electron chi connectivity index (χ3n) is 2.67. The number of alkyl carbamates (subject to hydrolysis) is 1. The lowest BCUT2D eigenvalue weighted by atomic mass is 10.2. The van der Waals surface area contributed by atoms with Gasteiger partial charge in [0.2, 0.25) is 5.88 Å². The van der Waals surface area contributed by atoms with E-state index in [4.69, 9.17) is 10.5 Å². The summed E-state index contributed by atoms with van der Waals surface area (Å²) in [5.74, 6) is 1.02. The van der Waals surface area contributed by atoms with Crippen LogP contribution >= 0.6 is 11.8 Å². The number of rotatable bonds is 3. The molecular formula is C15H16N4O3S. The van der Waals surface area contributed by atoms with E-state index in [2.05, 4.69) is 20.0 Å². The van der Waals surface area contributed by atoms with E-state index >= 15 is 0 Å². The number of anilines is 1. The first kappa shape index (κ1) is 16.6. The van der Waals surface area contributed by atoms with Crippen LogP contribution in [-0.2, 0) is 4.74 Å². The number of amides is 1. The zero-order valence-corrected chi connectivity index (χ0v) is 13.5. The maximum absolute atomic E-state index is 11.2. The van der Waals surface area contributed by atoms with Gasteiger partial charge in [-0.25, -0.2) is 14.8 Å². The predicted octanol–water partition coefficient (Wildman–Crippen LogP) is 3.16. The second-order valence-electron chi connectivity index (χ2n) is 4.23. The van der Waals surface area contributed by atoms with E-state index in [1.165, 1.54) is 18.9 Å². The number of carbonyl (C=O) groups is 1. The quantitative estimate of drug-likeness (QED) is 0.509. The fourth-order valence-corrected chi connectivity index (χ4v) is 1.97. The van der Waals surface area contributed by atoms with Gasteiger partial charge in [0.1, 0.15) is 5.75 Å². The summed E-state index contributed by atoms with van der Waals surface area (Å²) in [6.07, 6.45) is 2.83. The molecule has 1 aromatic carbocycles. The number of nitrogens with zero attached hydrogens (tertiary/aromatic N) is 2. The van der Waals surface area contributed by atoms with Crippen LogP contribution in [0.1, 0.15) is 0 Å². The molecule has 3 N–H and O–H groups in total. The predicted molar refractivity (Wildman–Crippen MR) is 91.3 cm³/mol. The number of aromatic nitrogens is 1. The Kier molecular flexibility index (Phi) is 5.81. The monoisotopic (exact) mass is 332 g/mol. The van der Waals surface area contributed by atoms with Gasteiger partial charge in [-0.3, -0.25) is 5.32 Å². The summed E-state index contributed by atoms with van der Waals surface area (Å²) >= 11 is 1.27. The van der Waals surface area contributed by atoms with Crippen LogP contribution in [0.4, 0.5) is 16.2 Å². The van der Waals surface area contributed by atoms with Crippen molar-refractivity contribution >= 4 is 34.4 Å². The minimum Gasteiger partial charge on any atom is -0.453 e. The van der Waals surface area contributed by atoms with Crippen molar-refractivity contribution in [3.63, 3.8) is 0 Å². The van der Waals surface area contributed by atoms with Crippen molar-refractivity contribution in [1.29, 1.82) is 0 Å². The Hall–Kier alpha value is -2.74. The highest BCUT2D eigenvalue weighted by atomic mass is 32.2. The lowest BCUT2D eigenvalue weighted by Crippen LogP contribution is -2.27. The fraction of sp³-hybridized carbons (Fsp3) is 0.133. The molecule has 0 aliphatic rings. The van der Waals surface area contributed by atoms with Gasteiger partial charge >= 0.3 is 6.09 Å². The molecule has 0 radical (unpaired) electrons. The van der Waals surface area contributed by atoms with Crippen LogP contribution in [0.5, 0.6) is 11.6 Å². The number of amidine groups is 1. The van der Waals surface area contributed by atoms with Gasteiger partial charge in [0.15, 0.2) is 5.17 Å². The average Bonchev–Trinajstić information content (AvgIpc) is 2.57.